The van der Waals surface area contributed by atoms with Gasteiger partial charge in [-0.3, -0.25) is 0 Å². The number of hydrogen-bond acceptors (Lipinski definition) is 2. The molecule has 19 heavy (non-hydrogen) atoms. The monoisotopic (exact) mass is 260 g/mol. The van der Waals surface area contributed by atoms with Crippen LogP contribution in [-0.2, 0) is 0 Å². The van der Waals surface area contributed by atoms with E-state index >= 15 is 0 Å². The predicted octanol–water partition coefficient (Wildman–Crippen LogP) is 3.21. The highest BCUT2D eigenvalue weighted by Crippen LogP contribution is 2.34. The fraction of sp³-hybridized carbons (Fsp3) is 0.647. The molecule has 0 unspecified atom stereocenters. The van der Waals surface area contributed by atoms with E-state index in [-0.39, 0.29) is 0 Å². The summed E-state index contributed by atoms with van der Waals surface area (Å²) in [5, 5.41) is 0. The smallest absolute Gasteiger partial charge is 0.0109 e. The van der Waals surface area contributed by atoms with Crippen LogP contribution < -0.4 is 0 Å². The highest BCUT2D eigenvalue weighted by Gasteiger charge is 2.24. The minimum Gasteiger partial charge on any atom is -0.308 e. The molecule has 0 aromatic heterocycles. The van der Waals surface area contributed by atoms with Crippen molar-refractivity contribution in [2.75, 3.05) is 34.2 Å². The molecule has 0 heterocycles. The van der Waals surface area contributed by atoms with Gasteiger partial charge in [-0.15, -0.1) is 0 Å². The third kappa shape index (κ3) is 4.32. The van der Waals surface area contributed by atoms with Crippen molar-refractivity contribution in [3.63, 3.8) is 0 Å². The van der Waals surface area contributed by atoms with Crippen LogP contribution in [0.4, 0.5) is 0 Å². The number of rotatable bonds is 5. The Morgan fingerprint density at radius 2 is 1.53 bits per heavy atom. The first-order chi connectivity index (χ1) is 9.16. The van der Waals surface area contributed by atoms with Crippen molar-refractivity contribution in [3.05, 3.63) is 35.9 Å². The molecular weight excluding hydrogens is 232 g/mol. The van der Waals surface area contributed by atoms with Crippen molar-refractivity contribution in [2.45, 2.75) is 37.6 Å². The zero-order valence-corrected chi connectivity index (χ0v) is 12.7. The molecular formula is C17H28N2. The summed E-state index contributed by atoms with van der Waals surface area (Å²) in [6.45, 7) is 2.35. The van der Waals surface area contributed by atoms with E-state index in [1.807, 2.05) is 0 Å². The molecule has 2 nitrogen and oxygen atoms in total. The lowest BCUT2D eigenvalue weighted by Gasteiger charge is -2.35. The van der Waals surface area contributed by atoms with Gasteiger partial charge in [0.05, 0.1) is 0 Å². The van der Waals surface area contributed by atoms with Crippen LogP contribution in [0, 0.1) is 0 Å². The summed E-state index contributed by atoms with van der Waals surface area (Å²) in [6.07, 6.45) is 5.40. The molecule has 2 rings (SSSR count). The quantitative estimate of drug-likeness (QED) is 0.802. The number of nitrogens with zero attached hydrogens (tertiary/aromatic N) is 2. The van der Waals surface area contributed by atoms with Gasteiger partial charge in [0, 0.05) is 19.1 Å². The number of hydrogen-bond donors (Lipinski definition) is 0. The second kappa shape index (κ2) is 7.06. The Morgan fingerprint density at radius 1 is 0.895 bits per heavy atom. The van der Waals surface area contributed by atoms with E-state index in [0.717, 1.165) is 18.5 Å². The summed E-state index contributed by atoms with van der Waals surface area (Å²) in [6, 6.07) is 11.8. The molecule has 106 valence electrons. The molecule has 0 amide bonds. The van der Waals surface area contributed by atoms with E-state index in [0.29, 0.717) is 0 Å². The predicted molar refractivity (Wildman–Crippen MR) is 82.6 cm³/mol. The zero-order chi connectivity index (χ0) is 13.7. The average molecular weight is 260 g/mol. The van der Waals surface area contributed by atoms with Crippen molar-refractivity contribution < 1.29 is 0 Å². The summed E-state index contributed by atoms with van der Waals surface area (Å²) in [4.78, 5) is 4.83. The molecule has 0 atom stereocenters. The van der Waals surface area contributed by atoms with Crippen LogP contribution in [0.25, 0.3) is 0 Å². The topological polar surface area (TPSA) is 6.48 Å². The Labute approximate surface area is 118 Å². The highest BCUT2D eigenvalue weighted by atomic mass is 15.2. The molecule has 1 aromatic rings. The normalized spacial score (nSPS) is 24.1. The lowest BCUT2D eigenvalue weighted by atomic mass is 9.81. The molecule has 0 saturated heterocycles. The minimum absolute atomic E-state index is 0.791. The summed E-state index contributed by atoms with van der Waals surface area (Å²) in [7, 11) is 6.59. The molecule has 1 aliphatic rings. The van der Waals surface area contributed by atoms with Gasteiger partial charge in [-0.25, -0.2) is 0 Å². The molecule has 0 aliphatic heterocycles. The Bertz CT molecular complexity index is 353. The van der Waals surface area contributed by atoms with Gasteiger partial charge in [0.25, 0.3) is 0 Å². The van der Waals surface area contributed by atoms with Crippen molar-refractivity contribution >= 4 is 0 Å². The zero-order valence-electron chi connectivity index (χ0n) is 12.7. The van der Waals surface area contributed by atoms with Crippen LogP contribution in [0.2, 0.25) is 0 Å². The third-order valence-corrected chi connectivity index (χ3v) is 4.49. The summed E-state index contributed by atoms with van der Waals surface area (Å²) < 4.78 is 0. The Morgan fingerprint density at radius 3 is 2.11 bits per heavy atom. The lowest BCUT2D eigenvalue weighted by molar-refractivity contribution is 0.169. The fourth-order valence-corrected chi connectivity index (χ4v) is 3.12. The standard InChI is InChI=1S/C17H28N2/c1-18(2)13-14-19(3)17-11-9-16(10-12-17)15-7-5-4-6-8-15/h4-8,16-17H,9-14H2,1-3H3. The van der Waals surface area contributed by atoms with Gasteiger partial charge in [-0.1, -0.05) is 30.3 Å². The Balaban J connectivity index is 1.79. The van der Waals surface area contributed by atoms with Gasteiger partial charge in [-0.05, 0) is 58.3 Å². The molecule has 1 aliphatic carbocycles. The molecule has 2 heteroatoms. The highest BCUT2D eigenvalue weighted by molar-refractivity contribution is 5.20. The average Bonchev–Trinajstić information content (AvgIpc) is 2.46. The maximum atomic E-state index is 2.56. The molecule has 0 bridgehead atoms. The third-order valence-electron chi connectivity index (χ3n) is 4.49. The first kappa shape index (κ1) is 14.5. The maximum absolute atomic E-state index is 2.56. The first-order valence-electron chi connectivity index (χ1n) is 7.56. The van der Waals surface area contributed by atoms with Crippen LogP contribution in [-0.4, -0.2) is 50.1 Å². The summed E-state index contributed by atoms with van der Waals surface area (Å²) in [5.74, 6) is 0.791. The summed E-state index contributed by atoms with van der Waals surface area (Å²) >= 11 is 0. The fourth-order valence-electron chi connectivity index (χ4n) is 3.12. The van der Waals surface area contributed by atoms with Crippen LogP contribution in [0.5, 0.6) is 0 Å². The molecule has 1 aromatic carbocycles. The van der Waals surface area contributed by atoms with E-state index in [2.05, 4.69) is 61.3 Å². The van der Waals surface area contributed by atoms with Crippen LogP contribution >= 0.6 is 0 Å². The molecule has 0 radical (unpaired) electrons. The van der Waals surface area contributed by atoms with Gasteiger partial charge in [0.15, 0.2) is 0 Å². The molecule has 0 spiro atoms. The van der Waals surface area contributed by atoms with E-state index in [1.54, 1.807) is 0 Å². The van der Waals surface area contributed by atoms with Crippen LogP contribution in [0.1, 0.15) is 37.2 Å². The maximum Gasteiger partial charge on any atom is 0.0109 e. The molecule has 1 saturated carbocycles. The van der Waals surface area contributed by atoms with E-state index in [4.69, 9.17) is 0 Å². The van der Waals surface area contributed by atoms with Crippen molar-refractivity contribution in [3.8, 4) is 0 Å². The lowest BCUT2D eigenvalue weighted by Crippen LogP contribution is -2.38. The number of benzene rings is 1. The minimum atomic E-state index is 0.791. The SMILES string of the molecule is CN(C)CCN(C)C1CCC(c2ccccc2)CC1. The molecule has 0 N–H and O–H groups in total. The van der Waals surface area contributed by atoms with Crippen LogP contribution in [0.15, 0.2) is 30.3 Å². The Kier molecular flexibility index (Phi) is 5.41. The second-order valence-electron chi connectivity index (χ2n) is 6.20. The van der Waals surface area contributed by atoms with Crippen LogP contribution in [0.3, 0.4) is 0 Å². The first-order valence-corrected chi connectivity index (χ1v) is 7.56. The largest absolute Gasteiger partial charge is 0.308 e. The van der Waals surface area contributed by atoms with Gasteiger partial charge in [0.2, 0.25) is 0 Å². The second-order valence-corrected chi connectivity index (χ2v) is 6.20. The van der Waals surface area contributed by atoms with Gasteiger partial charge in [-0.2, -0.15) is 0 Å². The van der Waals surface area contributed by atoms with Crippen molar-refractivity contribution in [2.24, 2.45) is 0 Å². The van der Waals surface area contributed by atoms with Crippen molar-refractivity contribution in [1.29, 1.82) is 0 Å². The molecule has 1 fully saturated rings. The van der Waals surface area contributed by atoms with E-state index < -0.39 is 0 Å². The Hall–Kier alpha value is -0.860. The van der Waals surface area contributed by atoms with E-state index in [1.165, 1.54) is 37.8 Å². The summed E-state index contributed by atoms with van der Waals surface area (Å²) in [5.41, 5.74) is 1.54. The van der Waals surface area contributed by atoms with Gasteiger partial charge in [0.1, 0.15) is 0 Å². The van der Waals surface area contributed by atoms with Crippen molar-refractivity contribution in [1.82, 2.24) is 9.80 Å². The van der Waals surface area contributed by atoms with Gasteiger partial charge >= 0.3 is 0 Å². The van der Waals surface area contributed by atoms with Gasteiger partial charge < -0.3 is 9.80 Å². The number of likely N-dealkylation sites (N-methyl/N-ethyl adjacent to an activating group) is 2. The van der Waals surface area contributed by atoms with E-state index in [9.17, 15) is 0 Å².